The van der Waals surface area contributed by atoms with E-state index in [-0.39, 0.29) is 11.8 Å². The van der Waals surface area contributed by atoms with Crippen molar-refractivity contribution >= 4 is 32.8 Å². The number of aryl methyl sites for hydroxylation is 1. The van der Waals surface area contributed by atoms with Crippen molar-refractivity contribution < 1.29 is 13.9 Å². The molecular weight excluding hydrogens is 349 g/mol. The van der Waals surface area contributed by atoms with Gasteiger partial charge < -0.3 is 9.72 Å². The fraction of sp³-hybridized carbons (Fsp3) is 0.471. The first-order chi connectivity index (χ1) is 10.5. The van der Waals surface area contributed by atoms with Crippen molar-refractivity contribution in [2.45, 2.75) is 44.9 Å². The second-order valence-corrected chi connectivity index (χ2v) is 6.66. The average molecular weight is 368 g/mol. The number of nitrogens with one attached hydrogen (secondary N) is 1. The molecule has 1 aromatic carbocycles. The Bertz CT molecular complexity index is 740. The highest BCUT2D eigenvalue weighted by Gasteiger charge is 2.48. The topological polar surface area (TPSA) is 42.1 Å². The molecule has 3 nitrogen and oxygen atoms in total. The number of fused-ring (bicyclic) bond motifs is 3. The molecule has 2 aromatic rings. The van der Waals surface area contributed by atoms with E-state index in [9.17, 15) is 9.18 Å². The maximum atomic E-state index is 14.1. The molecule has 1 aromatic heterocycles. The summed E-state index contributed by atoms with van der Waals surface area (Å²) in [6.07, 6.45) is 3.07. The van der Waals surface area contributed by atoms with Crippen LogP contribution in [-0.4, -0.2) is 17.6 Å². The number of carbonyl (C=O) groups excluding carboxylic acids is 1. The molecule has 1 heterocycles. The van der Waals surface area contributed by atoms with Crippen LogP contribution in [0.15, 0.2) is 16.6 Å². The van der Waals surface area contributed by atoms with Gasteiger partial charge in [0.05, 0.1) is 12.1 Å². The van der Waals surface area contributed by atoms with Crippen LogP contribution in [0, 0.1) is 5.82 Å². The van der Waals surface area contributed by atoms with Crippen LogP contribution >= 0.6 is 15.9 Å². The molecule has 0 saturated carbocycles. The fourth-order valence-electron chi connectivity index (χ4n) is 3.67. The number of halogens is 2. The molecule has 22 heavy (non-hydrogen) atoms. The third kappa shape index (κ3) is 2.09. The summed E-state index contributed by atoms with van der Waals surface area (Å²) in [6.45, 7) is 4.23. The van der Waals surface area contributed by atoms with Crippen LogP contribution in [0.25, 0.3) is 10.9 Å². The van der Waals surface area contributed by atoms with E-state index in [1.165, 1.54) is 6.07 Å². The van der Waals surface area contributed by atoms with Crippen LogP contribution in [0.1, 0.15) is 44.4 Å². The lowest BCUT2D eigenvalue weighted by molar-refractivity contribution is -0.150. The zero-order valence-corrected chi connectivity index (χ0v) is 14.3. The van der Waals surface area contributed by atoms with Crippen molar-refractivity contribution in [3.05, 3.63) is 33.7 Å². The molecule has 1 aliphatic rings. The molecule has 0 radical (unpaired) electrons. The molecule has 0 amide bonds. The number of esters is 1. The molecule has 1 aliphatic carbocycles. The fourth-order valence-corrected chi connectivity index (χ4v) is 4.24. The Labute approximate surface area is 137 Å². The highest BCUT2D eigenvalue weighted by atomic mass is 79.9. The van der Waals surface area contributed by atoms with E-state index < -0.39 is 5.41 Å². The minimum Gasteiger partial charge on any atom is -0.465 e. The Kier molecular flexibility index (Phi) is 4.02. The molecule has 0 spiro atoms. The van der Waals surface area contributed by atoms with Crippen LogP contribution in [0.4, 0.5) is 4.39 Å². The van der Waals surface area contributed by atoms with Gasteiger partial charge in [-0.25, -0.2) is 4.39 Å². The molecule has 0 bridgehead atoms. The lowest BCUT2D eigenvalue weighted by Gasteiger charge is -2.26. The number of hydrogen-bond acceptors (Lipinski definition) is 2. The van der Waals surface area contributed by atoms with E-state index in [0.717, 1.165) is 40.4 Å². The number of rotatable bonds is 4. The molecule has 0 fully saturated rings. The van der Waals surface area contributed by atoms with E-state index in [4.69, 9.17) is 4.74 Å². The number of aromatic amines is 1. The van der Waals surface area contributed by atoms with Crippen LogP contribution < -0.4 is 0 Å². The largest absolute Gasteiger partial charge is 0.465 e. The van der Waals surface area contributed by atoms with Crippen LogP contribution in [0.3, 0.4) is 0 Å². The van der Waals surface area contributed by atoms with Crippen molar-refractivity contribution in [1.82, 2.24) is 4.98 Å². The van der Waals surface area contributed by atoms with Crippen molar-refractivity contribution in [2.75, 3.05) is 6.61 Å². The number of hydrogen-bond donors (Lipinski definition) is 1. The summed E-state index contributed by atoms with van der Waals surface area (Å²) in [5.74, 6) is -0.486. The monoisotopic (exact) mass is 367 g/mol. The molecule has 0 saturated heterocycles. The number of carbonyl (C=O) groups is 1. The highest BCUT2D eigenvalue weighted by molar-refractivity contribution is 9.10. The van der Waals surface area contributed by atoms with E-state index in [2.05, 4.69) is 27.8 Å². The van der Waals surface area contributed by atoms with Gasteiger partial charge in [0.2, 0.25) is 0 Å². The number of ether oxygens (including phenoxy) is 1. The normalized spacial score (nSPS) is 20.4. The summed E-state index contributed by atoms with van der Waals surface area (Å²) >= 11 is 3.51. The molecule has 118 valence electrons. The van der Waals surface area contributed by atoms with Gasteiger partial charge in [-0.2, -0.15) is 0 Å². The number of aromatic nitrogens is 1. The smallest absolute Gasteiger partial charge is 0.318 e. The second kappa shape index (κ2) is 5.69. The molecule has 1 atom stereocenters. The van der Waals surface area contributed by atoms with Gasteiger partial charge >= 0.3 is 5.97 Å². The van der Waals surface area contributed by atoms with Gasteiger partial charge in [-0.05, 0) is 43.9 Å². The molecule has 5 heteroatoms. The first kappa shape index (κ1) is 15.5. The van der Waals surface area contributed by atoms with Crippen molar-refractivity contribution in [2.24, 2.45) is 0 Å². The minimum absolute atomic E-state index is 0.196. The predicted octanol–water partition coefficient (Wildman–Crippen LogP) is 4.62. The molecular formula is C17H19BrFNO2. The van der Waals surface area contributed by atoms with Crippen LogP contribution in [0.5, 0.6) is 0 Å². The summed E-state index contributed by atoms with van der Waals surface area (Å²) in [6, 6.07) is 3.15. The zero-order valence-electron chi connectivity index (χ0n) is 12.8. The minimum atomic E-state index is -0.662. The van der Waals surface area contributed by atoms with Gasteiger partial charge in [-0.15, -0.1) is 0 Å². The van der Waals surface area contributed by atoms with E-state index >= 15 is 0 Å². The van der Waals surface area contributed by atoms with E-state index in [0.29, 0.717) is 18.5 Å². The number of H-pyrrole nitrogens is 1. The summed E-state index contributed by atoms with van der Waals surface area (Å²) in [7, 11) is 0. The third-order valence-corrected chi connectivity index (χ3v) is 5.24. The second-order valence-electron chi connectivity index (χ2n) is 5.81. The molecule has 0 aliphatic heterocycles. The van der Waals surface area contributed by atoms with Gasteiger partial charge in [0.25, 0.3) is 0 Å². The van der Waals surface area contributed by atoms with Crippen LogP contribution in [-0.2, 0) is 21.4 Å². The molecule has 3 rings (SSSR count). The molecule has 1 N–H and O–H groups in total. The Morgan fingerprint density at radius 1 is 1.45 bits per heavy atom. The van der Waals surface area contributed by atoms with E-state index in [1.807, 2.05) is 6.92 Å². The Morgan fingerprint density at radius 2 is 2.23 bits per heavy atom. The van der Waals surface area contributed by atoms with Gasteiger partial charge in [-0.1, -0.05) is 29.3 Å². The number of benzene rings is 1. The standard InChI is InChI=1S/C17H19BrFNO2/c1-3-8-17(16(21)22-4-2)9-7-10-13-11(18)5-6-12(19)14(13)20-15(10)17/h5-6,20H,3-4,7-9H2,1-2H3. The predicted molar refractivity (Wildman–Crippen MR) is 87.5 cm³/mol. The Balaban J connectivity index is 2.23. The maximum Gasteiger partial charge on any atom is 0.318 e. The SMILES string of the molecule is CCCC1(C(=O)OCC)CCc2c1[nH]c1c(F)ccc(Br)c21. The van der Waals surface area contributed by atoms with Gasteiger partial charge in [0, 0.05) is 15.6 Å². The quantitative estimate of drug-likeness (QED) is 0.801. The molecule has 1 unspecified atom stereocenters. The summed E-state index contributed by atoms with van der Waals surface area (Å²) in [4.78, 5) is 15.8. The first-order valence-corrected chi connectivity index (χ1v) is 8.50. The summed E-state index contributed by atoms with van der Waals surface area (Å²) < 4.78 is 20.3. The van der Waals surface area contributed by atoms with Crippen molar-refractivity contribution in [3.63, 3.8) is 0 Å². The average Bonchev–Trinajstić information content (AvgIpc) is 3.03. The maximum absolute atomic E-state index is 14.1. The van der Waals surface area contributed by atoms with Gasteiger partial charge in [-0.3, -0.25) is 4.79 Å². The van der Waals surface area contributed by atoms with E-state index in [1.54, 1.807) is 6.07 Å². The van der Waals surface area contributed by atoms with Crippen LogP contribution in [0.2, 0.25) is 0 Å². The summed E-state index contributed by atoms with van der Waals surface area (Å²) in [5, 5.41) is 0.859. The first-order valence-electron chi connectivity index (χ1n) is 7.71. The lowest BCUT2D eigenvalue weighted by atomic mass is 9.81. The Hall–Kier alpha value is -1.36. The Morgan fingerprint density at radius 3 is 2.91 bits per heavy atom. The van der Waals surface area contributed by atoms with Crippen molar-refractivity contribution in [1.29, 1.82) is 0 Å². The lowest BCUT2D eigenvalue weighted by Crippen LogP contribution is -2.35. The van der Waals surface area contributed by atoms with Gasteiger partial charge in [0.1, 0.15) is 11.2 Å². The van der Waals surface area contributed by atoms with Gasteiger partial charge in [0.15, 0.2) is 0 Å². The zero-order chi connectivity index (χ0) is 15.9. The third-order valence-electron chi connectivity index (χ3n) is 4.58. The summed E-state index contributed by atoms with van der Waals surface area (Å²) in [5.41, 5.74) is 1.70. The highest BCUT2D eigenvalue weighted by Crippen LogP contribution is 2.47. The van der Waals surface area contributed by atoms with Crippen molar-refractivity contribution in [3.8, 4) is 0 Å².